The number of fused-ring (bicyclic) bond motifs is 7. The Morgan fingerprint density at radius 3 is 2.51 bits per heavy atom. The number of aliphatic hydroxyl groups is 2. The Labute approximate surface area is 215 Å². The summed E-state index contributed by atoms with van der Waals surface area (Å²) < 4.78 is 17.9. The van der Waals surface area contributed by atoms with Crippen LogP contribution in [0.15, 0.2) is 33.5 Å². The van der Waals surface area contributed by atoms with Crippen molar-refractivity contribution in [1.82, 2.24) is 0 Å². The van der Waals surface area contributed by atoms with Crippen LogP contribution >= 0.6 is 0 Å². The summed E-state index contributed by atoms with van der Waals surface area (Å²) in [6.45, 7) is 9.73. The fourth-order valence-corrected chi connectivity index (χ4v) is 9.14. The molecule has 5 aliphatic rings. The molecule has 2 N–H and O–H groups in total. The number of aliphatic hydroxyl groups excluding tert-OH is 1. The summed E-state index contributed by atoms with van der Waals surface area (Å²) in [5.41, 5.74) is 0.426. The molecule has 3 heterocycles. The number of carbonyl (C=O) groups excluding carboxylic acids is 1. The van der Waals surface area contributed by atoms with Crippen molar-refractivity contribution in [1.29, 1.82) is 0 Å². The molecule has 1 saturated heterocycles. The summed E-state index contributed by atoms with van der Waals surface area (Å²) in [5.74, 6) is -0.522. The molecule has 7 rings (SSSR count). The Kier molecular flexibility index (Phi) is 4.42. The highest BCUT2D eigenvalue weighted by Crippen LogP contribution is 2.72. The highest BCUT2D eigenvalue weighted by Gasteiger charge is 2.78. The second-order valence-electron chi connectivity index (χ2n) is 13.0. The fraction of sp³-hybridized carbons (Fsp3) is 0.600. The molecule has 7 heteroatoms. The van der Waals surface area contributed by atoms with Gasteiger partial charge in [-0.15, -0.1) is 0 Å². The zero-order valence-corrected chi connectivity index (χ0v) is 22.0. The van der Waals surface area contributed by atoms with Gasteiger partial charge in [-0.25, -0.2) is 9.59 Å². The number of carbonyl (C=O) groups is 1. The van der Waals surface area contributed by atoms with Gasteiger partial charge >= 0.3 is 11.6 Å². The molecule has 3 aliphatic carbocycles. The van der Waals surface area contributed by atoms with Gasteiger partial charge < -0.3 is 24.1 Å². The average molecular weight is 507 g/mol. The minimum Gasteiger partial charge on any atom is -0.456 e. The lowest BCUT2D eigenvalue weighted by Gasteiger charge is -2.45. The Bertz CT molecular complexity index is 1470. The van der Waals surface area contributed by atoms with E-state index < -0.39 is 29.0 Å². The normalized spacial score (nSPS) is 43.0. The predicted octanol–water partition coefficient (Wildman–Crippen LogP) is 4.13. The van der Waals surface area contributed by atoms with E-state index in [0.717, 1.165) is 34.9 Å². The minimum absolute atomic E-state index is 0.00897. The van der Waals surface area contributed by atoms with E-state index in [1.807, 2.05) is 32.9 Å². The van der Waals surface area contributed by atoms with Gasteiger partial charge in [0.1, 0.15) is 22.9 Å². The van der Waals surface area contributed by atoms with Gasteiger partial charge in [-0.05, 0) is 106 Å². The van der Waals surface area contributed by atoms with E-state index in [-0.39, 0.29) is 34.8 Å². The molecule has 1 aromatic carbocycles. The number of hydrogen-bond donors (Lipinski definition) is 2. The molecule has 37 heavy (non-hydrogen) atoms. The van der Waals surface area contributed by atoms with Crippen LogP contribution in [0.3, 0.4) is 0 Å². The summed E-state index contributed by atoms with van der Waals surface area (Å²) in [7, 11) is 0. The largest absolute Gasteiger partial charge is 0.456 e. The van der Waals surface area contributed by atoms with Gasteiger partial charge in [0.15, 0.2) is 0 Å². The van der Waals surface area contributed by atoms with Crippen molar-refractivity contribution in [2.24, 2.45) is 17.3 Å². The summed E-state index contributed by atoms with van der Waals surface area (Å²) in [5, 5.41) is 24.9. The maximum atomic E-state index is 12.5. The summed E-state index contributed by atoms with van der Waals surface area (Å²) in [6, 6.07) is 3.91. The quantitative estimate of drug-likeness (QED) is 0.314. The molecule has 7 nitrogen and oxygen atoms in total. The average Bonchev–Trinajstić information content (AvgIpc) is 3.51. The molecule has 2 aliphatic heterocycles. The smallest absolute Gasteiger partial charge is 0.339 e. The van der Waals surface area contributed by atoms with Gasteiger partial charge in [-0.3, -0.25) is 0 Å². The second-order valence-corrected chi connectivity index (χ2v) is 13.0. The molecule has 0 bridgehead atoms. The van der Waals surface area contributed by atoms with Crippen molar-refractivity contribution in [2.75, 3.05) is 0 Å². The third-order valence-electron chi connectivity index (χ3n) is 10.7. The molecule has 1 aromatic heterocycles. The first-order chi connectivity index (χ1) is 17.3. The van der Waals surface area contributed by atoms with E-state index in [9.17, 15) is 19.8 Å². The fourth-order valence-electron chi connectivity index (χ4n) is 9.14. The number of benzene rings is 1. The van der Waals surface area contributed by atoms with E-state index in [0.29, 0.717) is 24.0 Å². The molecular weight excluding hydrogens is 472 g/mol. The first-order valence-electron chi connectivity index (χ1n) is 13.4. The molecule has 2 aromatic rings. The Morgan fingerprint density at radius 2 is 1.76 bits per heavy atom. The van der Waals surface area contributed by atoms with Gasteiger partial charge in [-0.1, -0.05) is 6.92 Å². The lowest BCUT2D eigenvalue weighted by molar-refractivity contribution is -0.156. The van der Waals surface area contributed by atoms with Gasteiger partial charge in [0.25, 0.3) is 0 Å². The molecule has 8 atom stereocenters. The number of cyclic esters (lactones) is 1. The highest BCUT2D eigenvalue weighted by atomic mass is 16.6. The third kappa shape index (κ3) is 2.83. The zero-order chi connectivity index (χ0) is 26.3. The van der Waals surface area contributed by atoms with Crippen molar-refractivity contribution < 1.29 is 28.9 Å². The monoisotopic (exact) mass is 506 g/mol. The number of epoxide rings is 1. The van der Waals surface area contributed by atoms with Crippen LogP contribution in [0.2, 0.25) is 0 Å². The van der Waals surface area contributed by atoms with E-state index in [4.69, 9.17) is 13.9 Å². The minimum atomic E-state index is -1.11. The van der Waals surface area contributed by atoms with E-state index in [1.165, 1.54) is 6.08 Å². The number of rotatable bonds is 0. The first-order valence-corrected chi connectivity index (χ1v) is 13.4. The van der Waals surface area contributed by atoms with Crippen LogP contribution in [-0.2, 0) is 14.3 Å². The summed E-state index contributed by atoms with van der Waals surface area (Å²) in [6.07, 6.45) is 4.65. The molecule has 8 unspecified atom stereocenters. The maximum absolute atomic E-state index is 12.5. The predicted molar refractivity (Wildman–Crippen MR) is 135 cm³/mol. The van der Waals surface area contributed by atoms with Crippen molar-refractivity contribution in [3.8, 4) is 0 Å². The first kappa shape index (κ1) is 23.6. The molecular formula is C30H34O7. The van der Waals surface area contributed by atoms with Crippen LogP contribution in [0, 0.1) is 31.1 Å². The van der Waals surface area contributed by atoms with Gasteiger partial charge in [0.2, 0.25) is 0 Å². The number of esters is 1. The number of hydrogen-bond acceptors (Lipinski definition) is 7. The van der Waals surface area contributed by atoms with Crippen molar-refractivity contribution in [2.45, 2.75) is 95.2 Å². The zero-order valence-electron chi connectivity index (χ0n) is 22.0. The number of ether oxygens (including phenoxy) is 2. The van der Waals surface area contributed by atoms with E-state index in [2.05, 4.69) is 13.0 Å². The Morgan fingerprint density at radius 1 is 1.03 bits per heavy atom. The standard InChI is InChI=1S/C30H34O7/c1-14-10-16-11-17-18-12-29(34)21(28(18,5)13-19(31)23(17)15(2)24(16)35-25(14)33)7-6-20-27(3,4)36-22(32)8-9-30(20)26(29)37-30/h8-11,18-21,26,31,34H,6-7,12-13H2,1-5H3. The lowest BCUT2D eigenvalue weighted by Crippen LogP contribution is -2.47. The molecule has 0 amide bonds. The van der Waals surface area contributed by atoms with E-state index in [1.54, 1.807) is 6.92 Å². The van der Waals surface area contributed by atoms with Crippen LogP contribution in [0.5, 0.6) is 0 Å². The van der Waals surface area contributed by atoms with Gasteiger partial charge in [-0.2, -0.15) is 0 Å². The third-order valence-corrected chi connectivity index (χ3v) is 10.7. The SMILES string of the molecule is Cc1cc2cc3c(c(C)c2oc1=O)C(O)CC1(C)C3CC2(O)C1CCC1C(C)(C)OC(=O)C=CC13OC23. The van der Waals surface area contributed by atoms with Gasteiger partial charge in [0.05, 0.1) is 11.7 Å². The van der Waals surface area contributed by atoms with Crippen LogP contribution < -0.4 is 5.63 Å². The van der Waals surface area contributed by atoms with Crippen LogP contribution in [0.4, 0.5) is 0 Å². The van der Waals surface area contributed by atoms with E-state index >= 15 is 0 Å². The molecule has 3 fully saturated rings. The number of aryl methyl sites for hydroxylation is 2. The van der Waals surface area contributed by atoms with Crippen LogP contribution in [0.1, 0.15) is 80.7 Å². The van der Waals surface area contributed by atoms with Crippen molar-refractivity contribution in [3.05, 3.63) is 57.0 Å². The van der Waals surface area contributed by atoms with Gasteiger partial charge in [0, 0.05) is 22.9 Å². The molecule has 1 spiro atoms. The van der Waals surface area contributed by atoms with Crippen LogP contribution in [0.25, 0.3) is 11.0 Å². The highest BCUT2D eigenvalue weighted by molar-refractivity contribution is 5.84. The molecule has 2 saturated carbocycles. The summed E-state index contributed by atoms with van der Waals surface area (Å²) in [4.78, 5) is 24.6. The Hall–Kier alpha value is -2.48. The van der Waals surface area contributed by atoms with Crippen molar-refractivity contribution >= 4 is 16.9 Å². The molecule has 196 valence electrons. The second kappa shape index (κ2) is 6.93. The maximum Gasteiger partial charge on any atom is 0.339 e. The van der Waals surface area contributed by atoms with Crippen molar-refractivity contribution in [3.63, 3.8) is 0 Å². The lowest BCUT2D eigenvalue weighted by atomic mass is 9.60. The van der Waals surface area contributed by atoms with Crippen LogP contribution in [-0.4, -0.2) is 39.1 Å². The Balaban J connectivity index is 1.38. The molecule has 0 radical (unpaired) electrons. The summed E-state index contributed by atoms with van der Waals surface area (Å²) >= 11 is 0. The topological polar surface area (TPSA) is 110 Å².